The number of rotatable bonds is 6. The summed E-state index contributed by atoms with van der Waals surface area (Å²) in [5, 5.41) is 3.48. The van der Waals surface area contributed by atoms with Gasteiger partial charge in [-0.2, -0.15) is 0 Å². The van der Waals surface area contributed by atoms with E-state index in [1.54, 1.807) is 0 Å². The third-order valence-electron chi connectivity index (χ3n) is 2.89. The standard InChI is InChI=1S/C11H24N2.C2H6/c1-10(2)9-12-7-8-13(3)11-5-4-6-11;1-2/h10-12H,4-9H2,1-3H3;1-2H3. The van der Waals surface area contributed by atoms with Gasteiger partial charge in [0.25, 0.3) is 0 Å². The van der Waals surface area contributed by atoms with Crippen molar-refractivity contribution in [2.75, 3.05) is 26.7 Å². The maximum atomic E-state index is 3.48. The van der Waals surface area contributed by atoms with Crippen molar-refractivity contribution in [1.82, 2.24) is 10.2 Å². The van der Waals surface area contributed by atoms with Crippen molar-refractivity contribution in [2.24, 2.45) is 5.92 Å². The lowest BCUT2D eigenvalue weighted by atomic mass is 9.92. The lowest BCUT2D eigenvalue weighted by molar-refractivity contribution is 0.160. The van der Waals surface area contributed by atoms with Crippen molar-refractivity contribution >= 4 is 0 Å². The van der Waals surface area contributed by atoms with Crippen LogP contribution in [0.2, 0.25) is 0 Å². The fourth-order valence-electron chi connectivity index (χ4n) is 1.66. The zero-order chi connectivity index (χ0) is 11.7. The fourth-order valence-corrected chi connectivity index (χ4v) is 1.66. The van der Waals surface area contributed by atoms with Gasteiger partial charge in [0.1, 0.15) is 0 Å². The van der Waals surface area contributed by atoms with E-state index in [-0.39, 0.29) is 0 Å². The number of likely N-dealkylation sites (N-methyl/N-ethyl adjacent to an activating group) is 1. The Hall–Kier alpha value is -0.0800. The zero-order valence-electron chi connectivity index (χ0n) is 11.3. The molecule has 0 amide bonds. The zero-order valence-corrected chi connectivity index (χ0v) is 11.3. The fraction of sp³-hybridized carbons (Fsp3) is 1.00. The number of hydrogen-bond acceptors (Lipinski definition) is 2. The van der Waals surface area contributed by atoms with Crippen LogP contribution in [0.5, 0.6) is 0 Å². The van der Waals surface area contributed by atoms with Gasteiger partial charge in [0.05, 0.1) is 0 Å². The molecule has 0 spiro atoms. The first kappa shape index (κ1) is 14.9. The molecule has 0 radical (unpaired) electrons. The maximum Gasteiger partial charge on any atom is 0.0107 e. The van der Waals surface area contributed by atoms with Crippen molar-refractivity contribution in [1.29, 1.82) is 0 Å². The smallest absolute Gasteiger partial charge is 0.0107 e. The van der Waals surface area contributed by atoms with Crippen LogP contribution >= 0.6 is 0 Å². The molecule has 1 aliphatic rings. The summed E-state index contributed by atoms with van der Waals surface area (Å²) in [6, 6.07) is 0.890. The Morgan fingerprint density at radius 3 is 2.27 bits per heavy atom. The summed E-state index contributed by atoms with van der Waals surface area (Å²) in [5.74, 6) is 0.772. The second-order valence-electron chi connectivity index (χ2n) is 4.66. The Kier molecular flexibility index (Phi) is 9.12. The number of hydrogen-bond donors (Lipinski definition) is 1. The number of nitrogens with one attached hydrogen (secondary N) is 1. The van der Waals surface area contributed by atoms with Crippen LogP contribution in [0.25, 0.3) is 0 Å². The Morgan fingerprint density at radius 2 is 1.87 bits per heavy atom. The van der Waals surface area contributed by atoms with Crippen LogP contribution in [0.15, 0.2) is 0 Å². The van der Waals surface area contributed by atoms with Crippen LogP contribution in [0.4, 0.5) is 0 Å². The van der Waals surface area contributed by atoms with Crippen molar-refractivity contribution in [2.45, 2.75) is 53.0 Å². The summed E-state index contributed by atoms with van der Waals surface area (Å²) in [7, 11) is 2.25. The molecule has 0 unspecified atom stereocenters. The molecule has 0 aliphatic heterocycles. The van der Waals surface area contributed by atoms with E-state index >= 15 is 0 Å². The van der Waals surface area contributed by atoms with Crippen LogP contribution in [-0.4, -0.2) is 37.6 Å². The van der Waals surface area contributed by atoms with Gasteiger partial charge in [-0.05, 0) is 32.4 Å². The predicted octanol–water partition coefficient (Wildman–Crippen LogP) is 2.74. The quantitative estimate of drug-likeness (QED) is 0.684. The van der Waals surface area contributed by atoms with E-state index in [2.05, 4.69) is 31.1 Å². The third kappa shape index (κ3) is 6.91. The molecular weight excluding hydrogens is 184 g/mol. The van der Waals surface area contributed by atoms with Gasteiger partial charge < -0.3 is 10.2 Å². The second kappa shape index (κ2) is 9.17. The summed E-state index contributed by atoms with van der Waals surface area (Å²) in [6.45, 7) is 12.0. The molecule has 0 atom stereocenters. The first-order valence-electron chi connectivity index (χ1n) is 6.61. The molecule has 0 saturated heterocycles. The van der Waals surface area contributed by atoms with E-state index in [0.717, 1.165) is 25.0 Å². The lowest BCUT2D eigenvalue weighted by Crippen LogP contribution is -2.41. The molecule has 1 fully saturated rings. The molecule has 15 heavy (non-hydrogen) atoms. The van der Waals surface area contributed by atoms with Gasteiger partial charge in [-0.3, -0.25) is 0 Å². The molecule has 0 aromatic rings. The minimum Gasteiger partial charge on any atom is -0.315 e. The van der Waals surface area contributed by atoms with E-state index in [4.69, 9.17) is 0 Å². The normalized spacial score (nSPS) is 16.2. The van der Waals surface area contributed by atoms with Gasteiger partial charge in [0.2, 0.25) is 0 Å². The largest absolute Gasteiger partial charge is 0.315 e. The molecule has 1 saturated carbocycles. The van der Waals surface area contributed by atoms with Gasteiger partial charge in [0, 0.05) is 19.1 Å². The van der Waals surface area contributed by atoms with Crippen LogP contribution in [0.1, 0.15) is 47.0 Å². The molecule has 92 valence electrons. The highest BCUT2D eigenvalue weighted by atomic mass is 15.1. The molecule has 0 bridgehead atoms. The van der Waals surface area contributed by atoms with Crippen molar-refractivity contribution < 1.29 is 0 Å². The third-order valence-corrected chi connectivity index (χ3v) is 2.89. The monoisotopic (exact) mass is 214 g/mol. The average molecular weight is 214 g/mol. The molecular formula is C13H30N2. The Bertz CT molecular complexity index is 130. The van der Waals surface area contributed by atoms with Gasteiger partial charge in [-0.25, -0.2) is 0 Å². The first-order valence-corrected chi connectivity index (χ1v) is 6.61. The highest BCUT2D eigenvalue weighted by Crippen LogP contribution is 2.22. The summed E-state index contributed by atoms with van der Waals surface area (Å²) in [6.07, 6.45) is 4.27. The molecule has 0 aromatic carbocycles. The van der Waals surface area contributed by atoms with Gasteiger partial charge in [-0.15, -0.1) is 0 Å². The maximum absolute atomic E-state index is 3.48. The molecule has 2 nitrogen and oxygen atoms in total. The second-order valence-corrected chi connectivity index (χ2v) is 4.66. The summed E-state index contributed by atoms with van der Waals surface area (Å²) in [5.41, 5.74) is 0. The molecule has 0 aromatic heterocycles. The van der Waals surface area contributed by atoms with Crippen LogP contribution in [0.3, 0.4) is 0 Å². The highest BCUT2D eigenvalue weighted by molar-refractivity contribution is 4.77. The van der Waals surface area contributed by atoms with E-state index < -0.39 is 0 Å². The van der Waals surface area contributed by atoms with Crippen LogP contribution < -0.4 is 5.32 Å². The summed E-state index contributed by atoms with van der Waals surface area (Å²) >= 11 is 0. The van der Waals surface area contributed by atoms with Gasteiger partial charge in [0.15, 0.2) is 0 Å². The van der Waals surface area contributed by atoms with Crippen molar-refractivity contribution in [3.05, 3.63) is 0 Å². The van der Waals surface area contributed by atoms with Gasteiger partial charge >= 0.3 is 0 Å². The SMILES string of the molecule is CC.CC(C)CNCCN(C)C1CCC1. The summed E-state index contributed by atoms with van der Waals surface area (Å²) < 4.78 is 0. The molecule has 2 heteroatoms. The molecule has 1 aliphatic carbocycles. The van der Waals surface area contributed by atoms with Crippen LogP contribution in [0, 0.1) is 5.92 Å². The minimum absolute atomic E-state index is 0.772. The van der Waals surface area contributed by atoms with Crippen molar-refractivity contribution in [3.63, 3.8) is 0 Å². The van der Waals surface area contributed by atoms with E-state index in [9.17, 15) is 0 Å². The predicted molar refractivity (Wildman–Crippen MR) is 69.3 cm³/mol. The Labute approximate surface area is 96.4 Å². The average Bonchev–Trinajstić information content (AvgIpc) is 2.13. The lowest BCUT2D eigenvalue weighted by Gasteiger charge is -2.34. The van der Waals surface area contributed by atoms with Crippen molar-refractivity contribution in [3.8, 4) is 0 Å². The van der Waals surface area contributed by atoms with Gasteiger partial charge in [-0.1, -0.05) is 34.1 Å². The van der Waals surface area contributed by atoms with E-state index in [1.165, 1.54) is 25.8 Å². The molecule has 1 N–H and O–H groups in total. The molecule has 0 heterocycles. The minimum atomic E-state index is 0.772. The van der Waals surface area contributed by atoms with Crippen LogP contribution in [-0.2, 0) is 0 Å². The van der Waals surface area contributed by atoms with E-state index in [1.807, 2.05) is 13.8 Å². The van der Waals surface area contributed by atoms with E-state index in [0.29, 0.717) is 0 Å². The molecule has 1 rings (SSSR count). The number of nitrogens with zero attached hydrogens (tertiary/aromatic N) is 1. The Morgan fingerprint density at radius 1 is 1.27 bits per heavy atom. The topological polar surface area (TPSA) is 15.3 Å². The Balaban J connectivity index is 0.000000921. The highest BCUT2D eigenvalue weighted by Gasteiger charge is 2.20. The first-order chi connectivity index (χ1) is 7.20. The summed E-state index contributed by atoms with van der Waals surface area (Å²) in [4.78, 5) is 2.50.